The minimum Gasteiger partial charge on any atom is -0.493 e. The lowest BCUT2D eigenvalue weighted by molar-refractivity contribution is 0.0719. The van der Waals surface area contributed by atoms with Crippen LogP contribution in [-0.2, 0) is 13.1 Å². The molecule has 1 aromatic carbocycles. The number of hydrogen-bond acceptors (Lipinski definition) is 5. The number of methoxy groups -OCH3 is 1. The van der Waals surface area contributed by atoms with Crippen molar-refractivity contribution in [3.63, 3.8) is 0 Å². The van der Waals surface area contributed by atoms with Crippen LogP contribution >= 0.6 is 11.3 Å². The van der Waals surface area contributed by atoms with E-state index in [1.54, 1.807) is 35.7 Å². The summed E-state index contributed by atoms with van der Waals surface area (Å²) in [4.78, 5) is 16.2. The molecule has 0 spiro atoms. The van der Waals surface area contributed by atoms with Gasteiger partial charge in [-0.3, -0.25) is 4.79 Å². The van der Waals surface area contributed by atoms with E-state index in [0.717, 1.165) is 23.5 Å². The first-order chi connectivity index (χ1) is 14.2. The van der Waals surface area contributed by atoms with Crippen molar-refractivity contribution < 1.29 is 18.7 Å². The largest absolute Gasteiger partial charge is 0.493 e. The van der Waals surface area contributed by atoms with Crippen LogP contribution in [0.25, 0.3) is 0 Å². The lowest BCUT2D eigenvalue weighted by Crippen LogP contribution is -2.29. The van der Waals surface area contributed by atoms with E-state index in [0.29, 0.717) is 30.2 Å². The molecule has 0 bridgehead atoms. The number of ether oxygens (including phenoxy) is 2. The van der Waals surface area contributed by atoms with E-state index in [1.165, 1.54) is 12.8 Å². The number of hydrogen-bond donors (Lipinski definition) is 0. The molecule has 1 saturated carbocycles. The summed E-state index contributed by atoms with van der Waals surface area (Å²) in [5, 5.41) is 2.02. The van der Waals surface area contributed by atoms with Crippen LogP contribution < -0.4 is 9.47 Å². The summed E-state index contributed by atoms with van der Waals surface area (Å²) in [7, 11) is 1.61. The highest BCUT2D eigenvalue weighted by Gasteiger charge is 2.22. The van der Waals surface area contributed by atoms with Crippen molar-refractivity contribution in [1.82, 2.24) is 4.90 Å². The van der Waals surface area contributed by atoms with Crippen LogP contribution in [0.1, 0.15) is 46.7 Å². The van der Waals surface area contributed by atoms with Gasteiger partial charge in [-0.25, -0.2) is 0 Å². The molecule has 1 fully saturated rings. The molecule has 0 saturated heterocycles. The third kappa shape index (κ3) is 4.82. The highest BCUT2D eigenvalue weighted by atomic mass is 32.1. The molecule has 0 radical (unpaired) electrons. The number of furan rings is 1. The zero-order valence-corrected chi connectivity index (χ0v) is 17.3. The van der Waals surface area contributed by atoms with E-state index >= 15 is 0 Å². The van der Waals surface area contributed by atoms with Gasteiger partial charge in [0.15, 0.2) is 11.5 Å². The summed E-state index contributed by atoms with van der Waals surface area (Å²) in [5.74, 6) is 1.98. The van der Waals surface area contributed by atoms with E-state index in [9.17, 15) is 4.79 Å². The lowest BCUT2D eigenvalue weighted by Gasteiger charge is -2.22. The van der Waals surface area contributed by atoms with Crippen LogP contribution in [0.3, 0.4) is 0 Å². The van der Waals surface area contributed by atoms with Gasteiger partial charge in [0, 0.05) is 10.4 Å². The average molecular weight is 412 g/mol. The molecule has 1 amide bonds. The molecule has 5 nitrogen and oxygen atoms in total. The van der Waals surface area contributed by atoms with E-state index < -0.39 is 0 Å². The summed E-state index contributed by atoms with van der Waals surface area (Å²) in [5.41, 5.74) is 0.573. The summed E-state index contributed by atoms with van der Waals surface area (Å²) >= 11 is 1.64. The number of amides is 1. The predicted octanol–water partition coefficient (Wildman–Crippen LogP) is 5.51. The summed E-state index contributed by atoms with van der Waals surface area (Å²) in [6.45, 7) is 0.937. The van der Waals surface area contributed by atoms with Gasteiger partial charge in [-0.15, -0.1) is 11.3 Å². The Labute approximate surface area is 174 Å². The lowest BCUT2D eigenvalue weighted by atomic mass is 10.1. The Morgan fingerprint density at radius 1 is 1.14 bits per heavy atom. The second-order valence-electron chi connectivity index (χ2n) is 7.21. The molecular weight excluding hydrogens is 386 g/mol. The molecule has 0 aliphatic heterocycles. The van der Waals surface area contributed by atoms with Crippen LogP contribution in [0.5, 0.6) is 11.5 Å². The standard InChI is InChI=1S/C23H25NO4S/c1-26-22-14-17(10-11-21(22)28-18-6-2-3-7-18)23(25)24(15-19-8-4-12-27-19)16-20-9-5-13-29-20/h4-5,8-14,18H,2-3,6-7,15-16H2,1H3. The quantitative estimate of drug-likeness (QED) is 0.490. The normalized spacial score (nSPS) is 14.1. The summed E-state index contributed by atoms with van der Waals surface area (Å²) in [6, 6.07) is 13.2. The average Bonchev–Trinajstić information content (AvgIpc) is 3.51. The Balaban J connectivity index is 1.55. The van der Waals surface area contributed by atoms with Crippen molar-refractivity contribution >= 4 is 17.2 Å². The Bertz CT molecular complexity index is 878. The number of carbonyl (C=O) groups is 1. The Kier molecular flexibility index (Phi) is 6.20. The molecule has 0 unspecified atom stereocenters. The van der Waals surface area contributed by atoms with Crippen LogP contribution in [0.2, 0.25) is 0 Å². The monoisotopic (exact) mass is 411 g/mol. The maximum absolute atomic E-state index is 13.3. The van der Waals surface area contributed by atoms with Gasteiger partial charge < -0.3 is 18.8 Å². The zero-order valence-electron chi connectivity index (χ0n) is 16.5. The van der Waals surface area contributed by atoms with E-state index in [-0.39, 0.29) is 12.0 Å². The number of carbonyl (C=O) groups excluding carboxylic acids is 1. The van der Waals surface area contributed by atoms with Gasteiger partial charge in [-0.05, 0) is 67.5 Å². The van der Waals surface area contributed by atoms with Gasteiger partial charge in [-0.2, -0.15) is 0 Å². The number of nitrogens with zero attached hydrogens (tertiary/aromatic N) is 1. The van der Waals surface area contributed by atoms with Gasteiger partial charge in [0.05, 0.1) is 32.6 Å². The molecule has 3 aromatic rings. The first-order valence-corrected chi connectivity index (χ1v) is 10.8. The molecule has 2 heterocycles. The predicted molar refractivity (Wildman–Crippen MR) is 112 cm³/mol. The van der Waals surface area contributed by atoms with Crippen LogP contribution in [0.4, 0.5) is 0 Å². The Morgan fingerprint density at radius 2 is 2.00 bits per heavy atom. The molecule has 2 aromatic heterocycles. The highest BCUT2D eigenvalue weighted by Crippen LogP contribution is 2.33. The van der Waals surface area contributed by atoms with E-state index in [2.05, 4.69) is 0 Å². The van der Waals surface area contributed by atoms with Crippen molar-refractivity contribution in [2.75, 3.05) is 7.11 Å². The van der Waals surface area contributed by atoms with Crippen LogP contribution in [0, 0.1) is 0 Å². The van der Waals surface area contributed by atoms with Gasteiger partial charge in [0.1, 0.15) is 5.76 Å². The van der Waals surface area contributed by atoms with Crippen molar-refractivity contribution in [2.45, 2.75) is 44.9 Å². The number of rotatable bonds is 8. The fraction of sp³-hybridized carbons (Fsp3) is 0.348. The van der Waals surface area contributed by atoms with Crippen molar-refractivity contribution in [1.29, 1.82) is 0 Å². The van der Waals surface area contributed by atoms with Crippen molar-refractivity contribution in [3.05, 3.63) is 70.3 Å². The SMILES string of the molecule is COc1cc(C(=O)N(Cc2ccco2)Cc2cccs2)ccc1OC1CCCC1. The Morgan fingerprint density at radius 3 is 2.69 bits per heavy atom. The van der Waals surface area contributed by atoms with Gasteiger partial charge >= 0.3 is 0 Å². The fourth-order valence-corrected chi connectivity index (χ4v) is 4.37. The van der Waals surface area contributed by atoms with Crippen LogP contribution in [0.15, 0.2) is 58.5 Å². The summed E-state index contributed by atoms with van der Waals surface area (Å²) in [6.07, 6.45) is 6.41. The molecule has 4 rings (SSSR count). The maximum Gasteiger partial charge on any atom is 0.254 e. The molecule has 1 aliphatic rings. The first-order valence-electron chi connectivity index (χ1n) is 9.91. The third-order valence-corrected chi connectivity index (χ3v) is 6.01. The second kappa shape index (κ2) is 9.18. The number of benzene rings is 1. The Hall–Kier alpha value is -2.73. The minimum atomic E-state index is -0.0690. The third-order valence-electron chi connectivity index (χ3n) is 5.15. The maximum atomic E-state index is 13.3. The molecule has 0 N–H and O–H groups in total. The van der Waals surface area contributed by atoms with Crippen molar-refractivity contribution in [2.24, 2.45) is 0 Å². The highest BCUT2D eigenvalue weighted by molar-refractivity contribution is 7.09. The fourth-order valence-electron chi connectivity index (χ4n) is 3.65. The zero-order chi connectivity index (χ0) is 20.1. The first kappa shape index (κ1) is 19.6. The molecule has 1 aliphatic carbocycles. The summed E-state index contributed by atoms with van der Waals surface area (Å²) < 4.78 is 17.1. The minimum absolute atomic E-state index is 0.0690. The smallest absolute Gasteiger partial charge is 0.254 e. The molecule has 0 atom stereocenters. The van der Waals surface area contributed by atoms with Crippen LogP contribution in [-0.4, -0.2) is 24.0 Å². The number of thiophene rings is 1. The molecular formula is C23H25NO4S. The van der Waals surface area contributed by atoms with Gasteiger partial charge in [-0.1, -0.05) is 6.07 Å². The van der Waals surface area contributed by atoms with Gasteiger partial charge in [0.2, 0.25) is 0 Å². The topological polar surface area (TPSA) is 51.9 Å². The van der Waals surface area contributed by atoms with Crippen molar-refractivity contribution in [3.8, 4) is 11.5 Å². The van der Waals surface area contributed by atoms with Gasteiger partial charge in [0.25, 0.3) is 5.91 Å². The molecule has 6 heteroatoms. The van der Waals surface area contributed by atoms with E-state index in [4.69, 9.17) is 13.9 Å². The molecule has 29 heavy (non-hydrogen) atoms. The molecule has 152 valence electrons. The van der Waals surface area contributed by atoms with E-state index in [1.807, 2.05) is 41.8 Å². The second-order valence-corrected chi connectivity index (χ2v) is 8.24.